The molecular formula is C7H8BrNO. The monoisotopic (exact) mass is 201 g/mol. The standard InChI is InChI=1S/C7H8BrNO/c1-5-2-3-9-7(8)6(5)4-10/h2-3,10H,4H2,1H3. The van der Waals surface area contributed by atoms with Gasteiger partial charge in [-0.2, -0.15) is 0 Å². The second kappa shape index (κ2) is 3.12. The number of halogens is 1. The molecule has 1 N–H and O–H groups in total. The van der Waals surface area contributed by atoms with Gasteiger partial charge in [-0.05, 0) is 34.5 Å². The van der Waals surface area contributed by atoms with Crippen molar-refractivity contribution in [2.24, 2.45) is 0 Å². The summed E-state index contributed by atoms with van der Waals surface area (Å²) >= 11 is 3.24. The summed E-state index contributed by atoms with van der Waals surface area (Å²) in [6, 6.07) is 1.87. The van der Waals surface area contributed by atoms with Crippen LogP contribution in [0.3, 0.4) is 0 Å². The van der Waals surface area contributed by atoms with E-state index < -0.39 is 0 Å². The molecule has 1 rings (SSSR count). The Kier molecular flexibility index (Phi) is 2.40. The molecule has 54 valence electrons. The van der Waals surface area contributed by atoms with Crippen molar-refractivity contribution in [3.8, 4) is 0 Å². The molecule has 0 aliphatic rings. The second-order valence-electron chi connectivity index (χ2n) is 2.06. The highest BCUT2D eigenvalue weighted by Crippen LogP contribution is 2.16. The van der Waals surface area contributed by atoms with Gasteiger partial charge in [-0.15, -0.1) is 0 Å². The van der Waals surface area contributed by atoms with Gasteiger partial charge in [-0.3, -0.25) is 0 Å². The van der Waals surface area contributed by atoms with Gasteiger partial charge >= 0.3 is 0 Å². The summed E-state index contributed by atoms with van der Waals surface area (Å²) in [5.41, 5.74) is 1.92. The van der Waals surface area contributed by atoms with Gasteiger partial charge in [0.15, 0.2) is 0 Å². The Morgan fingerprint density at radius 3 is 2.80 bits per heavy atom. The van der Waals surface area contributed by atoms with E-state index in [9.17, 15) is 0 Å². The first-order valence-electron chi connectivity index (χ1n) is 2.96. The maximum Gasteiger partial charge on any atom is 0.111 e. The summed E-state index contributed by atoms with van der Waals surface area (Å²) in [6.07, 6.45) is 1.71. The fourth-order valence-electron chi connectivity index (χ4n) is 0.746. The van der Waals surface area contributed by atoms with E-state index in [0.29, 0.717) is 0 Å². The van der Waals surface area contributed by atoms with Crippen LogP contribution in [0.15, 0.2) is 16.9 Å². The van der Waals surface area contributed by atoms with Crippen LogP contribution in [-0.4, -0.2) is 10.1 Å². The maximum absolute atomic E-state index is 8.83. The van der Waals surface area contributed by atoms with Gasteiger partial charge in [-0.1, -0.05) is 0 Å². The molecule has 3 heteroatoms. The summed E-state index contributed by atoms with van der Waals surface area (Å²) in [5, 5.41) is 8.83. The fraction of sp³-hybridized carbons (Fsp3) is 0.286. The van der Waals surface area contributed by atoms with Gasteiger partial charge < -0.3 is 5.11 Å². The lowest BCUT2D eigenvalue weighted by Crippen LogP contribution is -1.91. The van der Waals surface area contributed by atoms with E-state index in [-0.39, 0.29) is 6.61 Å². The highest BCUT2D eigenvalue weighted by Gasteiger charge is 2.00. The van der Waals surface area contributed by atoms with Crippen molar-refractivity contribution >= 4 is 15.9 Å². The zero-order chi connectivity index (χ0) is 7.56. The summed E-state index contributed by atoms with van der Waals surface area (Å²) in [6.45, 7) is 1.98. The molecule has 0 aromatic carbocycles. The number of hydrogen-bond donors (Lipinski definition) is 1. The zero-order valence-corrected chi connectivity index (χ0v) is 7.22. The molecule has 1 heterocycles. The highest BCUT2D eigenvalue weighted by molar-refractivity contribution is 9.10. The summed E-state index contributed by atoms with van der Waals surface area (Å²) in [4.78, 5) is 3.97. The van der Waals surface area contributed by atoms with E-state index in [4.69, 9.17) is 5.11 Å². The van der Waals surface area contributed by atoms with E-state index in [0.717, 1.165) is 15.7 Å². The Labute approximate surface area is 68.0 Å². The quantitative estimate of drug-likeness (QED) is 0.702. The van der Waals surface area contributed by atoms with Crippen LogP contribution in [-0.2, 0) is 6.61 Å². The van der Waals surface area contributed by atoms with Crippen LogP contribution in [0, 0.1) is 6.92 Å². The van der Waals surface area contributed by atoms with Crippen molar-refractivity contribution in [1.29, 1.82) is 0 Å². The molecular weight excluding hydrogens is 194 g/mol. The number of aryl methyl sites for hydroxylation is 1. The lowest BCUT2D eigenvalue weighted by atomic mass is 10.2. The van der Waals surface area contributed by atoms with E-state index >= 15 is 0 Å². The van der Waals surface area contributed by atoms with Gasteiger partial charge in [0.05, 0.1) is 6.61 Å². The largest absolute Gasteiger partial charge is 0.392 e. The average Bonchev–Trinajstić information content (AvgIpc) is 1.88. The Bertz CT molecular complexity index is 217. The number of nitrogens with zero attached hydrogens (tertiary/aromatic N) is 1. The third-order valence-corrected chi connectivity index (χ3v) is 2.08. The summed E-state index contributed by atoms with van der Waals surface area (Å²) in [7, 11) is 0. The minimum absolute atomic E-state index is 0.0419. The molecule has 0 spiro atoms. The lowest BCUT2D eigenvalue weighted by Gasteiger charge is -2.01. The molecule has 0 bridgehead atoms. The number of rotatable bonds is 1. The SMILES string of the molecule is Cc1ccnc(Br)c1CO. The number of aromatic nitrogens is 1. The van der Waals surface area contributed by atoms with Crippen LogP contribution in [0.1, 0.15) is 11.1 Å². The van der Waals surface area contributed by atoms with Crippen molar-refractivity contribution < 1.29 is 5.11 Å². The predicted molar refractivity (Wildman–Crippen MR) is 42.6 cm³/mol. The van der Waals surface area contributed by atoms with Gasteiger partial charge in [0.25, 0.3) is 0 Å². The molecule has 0 fully saturated rings. The molecule has 0 saturated carbocycles. The van der Waals surface area contributed by atoms with Crippen molar-refractivity contribution in [1.82, 2.24) is 4.98 Å². The van der Waals surface area contributed by atoms with Crippen molar-refractivity contribution in [2.45, 2.75) is 13.5 Å². The smallest absolute Gasteiger partial charge is 0.111 e. The molecule has 0 aliphatic heterocycles. The number of aliphatic hydroxyl groups is 1. The second-order valence-corrected chi connectivity index (χ2v) is 2.81. The third kappa shape index (κ3) is 1.36. The van der Waals surface area contributed by atoms with Crippen LogP contribution in [0.2, 0.25) is 0 Å². The Morgan fingerprint density at radius 1 is 1.70 bits per heavy atom. The normalized spacial score (nSPS) is 9.90. The molecule has 0 saturated heterocycles. The molecule has 0 aliphatic carbocycles. The minimum Gasteiger partial charge on any atom is -0.392 e. The number of hydrogen-bond acceptors (Lipinski definition) is 2. The predicted octanol–water partition coefficient (Wildman–Crippen LogP) is 1.64. The van der Waals surface area contributed by atoms with Crippen molar-refractivity contribution in [3.63, 3.8) is 0 Å². The molecule has 0 radical (unpaired) electrons. The molecule has 2 nitrogen and oxygen atoms in total. The topological polar surface area (TPSA) is 33.1 Å². The highest BCUT2D eigenvalue weighted by atomic mass is 79.9. The van der Waals surface area contributed by atoms with Crippen LogP contribution in [0.25, 0.3) is 0 Å². The maximum atomic E-state index is 8.83. The fourth-order valence-corrected chi connectivity index (χ4v) is 1.30. The minimum atomic E-state index is 0.0419. The molecule has 1 aromatic heterocycles. The van der Waals surface area contributed by atoms with Crippen molar-refractivity contribution in [2.75, 3.05) is 0 Å². The molecule has 0 amide bonds. The van der Waals surface area contributed by atoms with E-state index in [1.165, 1.54) is 0 Å². The van der Waals surface area contributed by atoms with Gasteiger partial charge in [0.2, 0.25) is 0 Å². The summed E-state index contributed by atoms with van der Waals surface area (Å²) in [5.74, 6) is 0. The zero-order valence-electron chi connectivity index (χ0n) is 5.63. The van der Waals surface area contributed by atoms with Gasteiger partial charge in [0, 0.05) is 11.8 Å². The van der Waals surface area contributed by atoms with Crippen molar-refractivity contribution in [3.05, 3.63) is 28.0 Å². The first-order valence-corrected chi connectivity index (χ1v) is 3.76. The number of aliphatic hydroxyl groups excluding tert-OH is 1. The average molecular weight is 202 g/mol. The van der Waals surface area contributed by atoms with Crippen LogP contribution >= 0.6 is 15.9 Å². The Morgan fingerprint density at radius 2 is 2.40 bits per heavy atom. The van der Waals surface area contributed by atoms with Gasteiger partial charge in [-0.25, -0.2) is 4.98 Å². The van der Waals surface area contributed by atoms with E-state index in [1.807, 2.05) is 13.0 Å². The first kappa shape index (κ1) is 7.69. The van der Waals surface area contributed by atoms with Crippen LogP contribution in [0.4, 0.5) is 0 Å². The molecule has 1 aromatic rings. The van der Waals surface area contributed by atoms with Crippen LogP contribution in [0.5, 0.6) is 0 Å². The van der Waals surface area contributed by atoms with E-state index in [1.54, 1.807) is 6.20 Å². The third-order valence-electron chi connectivity index (χ3n) is 1.40. The molecule has 0 atom stereocenters. The Balaban J connectivity index is 3.17. The van der Waals surface area contributed by atoms with Gasteiger partial charge in [0.1, 0.15) is 4.60 Å². The lowest BCUT2D eigenvalue weighted by molar-refractivity contribution is 0.279. The molecule has 0 unspecified atom stereocenters. The van der Waals surface area contributed by atoms with Crippen LogP contribution < -0.4 is 0 Å². The summed E-state index contributed by atoms with van der Waals surface area (Å²) < 4.78 is 0.731. The number of pyridine rings is 1. The molecule has 10 heavy (non-hydrogen) atoms. The van der Waals surface area contributed by atoms with E-state index in [2.05, 4.69) is 20.9 Å². The Hall–Kier alpha value is -0.410. The first-order chi connectivity index (χ1) is 4.75.